The molecule has 17 nitrogen and oxygen atoms in total. The molecule has 2 aromatic carbocycles. The number of carbonyl (C=O) groups excluding carboxylic acids is 4. The van der Waals surface area contributed by atoms with E-state index in [2.05, 4.69) is 36.1 Å². The van der Waals surface area contributed by atoms with Crippen LogP contribution in [0.3, 0.4) is 0 Å². The van der Waals surface area contributed by atoms with Gasteiger partial charge in [0.15, 0.2) is 5.82 Å². The summed E-state index contributed by atoms with van der Waals surface area (Å²) in [7, 11) is -4.37. The maximum absolute atomic E-state index is 15.8. The van der Waals surface area contributed by atoms with Gasteiger partial charge in [0.05, 0.1) is 16.8 Å². The summed E-state index contributed by atoms with van der Waals surface area (Å²) in [5.74, 6) is -3.25. The number of halogens is 3. The molecule has 3 N–H and O–H groups in total. The van der Waals surface area contributed by atoms with Crippen LogP contribution in [0.5, 0.6) is 0 Å². The monoisotopic (exact) mass is 937 g/mol. The van der Waals surface area contributed by atoms with Crippen molar-refractivity contribution in [2.24, 2.45) is 5.92 Å². The number of benzene rings is 2. The number of imide groups is 1. The molecule has 0 spiro atoms. The second-order valence-corrected chi connectivity index (χ2v) is 20.1. The molecule has 4 saturated heterocycles. The number of ketones is 1. The number of H-pyrrole nitrogens is 1. The van der Waals surface area contributed by atoms with Gasteiger partial charge in [-0.05, 0) is 67.6 Å². The van der Waals surface area contributed by atoms with E-state index in [0.717, 1.165) is 92.2 Å². The first-order valence-electron chi connectivity index (χ1n) is 22.5. The predicted molar refractivity (Wildman–Crippen MR) is 238 cm³/mol. The van der Waals surface area contributed by atoms with E-state index in [1.54, 1.807) is 29.6 Å². The summed E-state index contributed by atoms with van der Waals surface area (Å²) in [6, 6.07) is 8.60. The van der Waals surface area contributed by atoms with E-state index < -0.39 is 63.5 Å². The van der Waals surface area contributed by atoms with E-state index in [1.165, 1.54) is 6.20 Å². The van der Waals surface area contributed by atoms with Crippen LogP contribution in [0.2, 0.25) is 0 Å². The number of fused-ring (bicyclic) bond motifs is 2. The highest BCUT2D eigenvalue weighted by molar-refractivity contribution is 7.90. The summed E-state index contributed by atoms with van der Waals surface area (Å²) in [6.07, 6.45) is 7.39. The Morgan fingerprint density at radius 3 is 2.37 bits per heavy atom. The molecule has 5 aliphatic heterocycles. The fourth-order valence-electron chi connectivity index (χ4n) is 10.3. The van der Waals surface area contributed by atoms with E-state index >= 15 is 8.78 Å². The number of pyridine rings is 1. The average molecular weight is 938 g/mol. The van der Waals surface area contributed by atoms with E-state index in [1.807, 2.05) is 16.9 Å². The summed E-state index contributed by atoms with van der Waals surface area (Å²) >= 11 is 0. The molecule has 5 fully saturated rings. The second-order valence-electron chi connectivity index (χ2n) is 18.4. The minimum absolute atomic E-state index is 0.00337. The lowest BCUT2D eigenvalue weighted by molar-refractivity contribution is -0.136. The molecule has 1 saturated carbocycles. The molecule has 0 bridgehead atoms. The number of piperidine rings is 1. The number of rotatable bonds is 12. The molecule has 67 heavy (non-hydrogen) atoms. The van der Waals surface area contributed by atoms with Crippen molar-refractivity contribution in [2.75, 3.05) is 68.5 Å². The molecule has 3 amide bonds. The zero-order valence-electron chi connectivity index (χ0n) is 36.2. The fourth-order valence-corrected chi connectivity index (χ4v) is 11.6. The van der Waals surface area contributed by atoms with Crippen LogP contribution in [0.15, 0.2) is 61.2 Å². The summed E-state index contributed by atoms with van der Waals surface area (Å²) in [4.78, 5) is 76.9. The summed E-state index contributed by atoms with van der Waals surface area (Å²) < 4.78 is 73.2. The largest absolute Gasteiger partial charge is 0.371 e. The molecule has 0 unspecified atom stereocenters. The van der Waals surface area contributed by atoms with Gasteiger partial charge in [-0.3, -0.25) is 34.1 Å². The first-order chi connectivity index (χ1) is 32.2. The third-order valence-corrected chi connectivity index (χ3v) is 15.7. The SMILES string of the molecule is O=C1CC[C@@H](N2Cc3cc(N4CC(CN5CCN(C6(c7ncc(-c8cnc9[nH]cc(C(=O)c%10c(F)ccc(NS(=O)(=O)N%11CC[C@@H](F)C%11)c%10F)c9c8)cn7)CC6)CC5)C4)ccc3C2=O)C(=O)N1. The van der Waals surface area contributed by atoms with Gasteiger partial charge in [-0.2, -0.15) is 12.7 Å². The normalized spacial score (nSPS) is 22.6. The Morgan fingerprint density at radius 1 is 0.896 bits per heavy atom. The maximum Gasteiger partial charge on any atom is 0.301 e. The number of alkyl halides is 1. The lowest BCUT2D eigenvalue weighted by atomic mass is 9.97. The lowest BCUT2D eigenvalue weighted by Gasteiger charge is -2.45. The minimum Gasteiger partial charge on any atom is -0.371 e. The van der Waals surface area contributed by atoms with Crippen molar-refractivity contribution in [1.82, 2.24) is 44.3 Å². The van der Waals surface area contributed by atoms with E-state index in [0.29, 0.717) is 41.2 Å². The number of aromatic amines is 1. The zero-order chi connectivity index (χ0) is 46.4. The molecular weight excluding hydrogens is 892 g/mol. The average Bonchev–Trinajstić information content (AvgIpc) is 3.62. The molecule has 21 heteroatoms. The Morgan fingerprint density at radius 2 is 1.66 bits per heavy atom. The Labute approximate surface area is 382 Å². The van der Waals surface area contributed by atoms with Gasteiger partial charge >= 0.3 is 10.2 Å². The van der Waals surface area contributed by atoms with Crippen molar-refractivity contribution >= 4 is 56.1 Å². The van der Waals surface area contributed by atoms with Crippen LogP contribution in [0.4, 0.5) is 24.5 Å². The van der Waals surface area contributed by atoms with Crippen LogP contribution >= 0.6 is 0 Å². The van der Waals surface area contributed by atoms with Crippen molar-refractivity contribution in [3.8, 4) is 11.1 Å². The van der Waals surface area contributed by atoms with Gasteiger partial charge in [-0.25, -0.2) is 28.1 Å². The first kappa shape index (κ1) is 43.3. The van der Waals surface area contributed by atoms with Gasteiger partial charge in [0.1, 0.15) is 29.5 Å². The predicted octanol–water partition coefficient (Wildman–Crippen LogP) is 3.73. The van der Waals surface area contributed by atoms with Crippen molar-refractivity contribution in [1.29, 1.82) is 0 Å². The summed E-state index contributed by atoms with van der Waals surface area (Å²) in [6.45, 7) is 6.27. The topological polar surface area (TPSA) is 197 Å². The van der Waals surface area contributed by atoms with Crippen LogP contribution in [-0.2, 0) is 31.9 Å². The lowest BCUT2D eigenvalue weighted by Crippen LogP contribution is -2.56. The van der Waals surface area contributed by atoms with Crippen LogP contribution in [0, 0.1) is 17.6 Å². The molecule has 11 rings (SSSR count). The Bertz CT molecular complexity index is 2970. The van der Waals surface area contributed by atoms with E-state index in [-0.39, 0.29) is 47.7 Å². The number of hydrogen-bond donors (Lipinski definition) is 3. The van der Waals surface area contributed by atoms with Crippen LogP contribution in [0.25, 0.3) is 22.2 Å². The van der Waals surface area contributed by atoms with Gasteiger partial charge in [-0.1, -0.05) is 0 Å². The highest BCUT2D eigenvalue weighted by Crippen LogP contribution is 2.50. The molecule has 5 aromatic rings. The van der Waals surface area contributed by atoms with Gasteiger partial charge in [0.25, 0.3) is 5.91 Å². The molecule has 1 aliphatic carbocycles. The minimum atomic E-state index is -4.37. The zero-order valence-corrected chi connectivity index (χ0v) is 37.0. The third-order valence-electron chi connectivity index (χ3n) is 14.2. The van der Waals surface area contributed by atoms with Gasteiger partial charge < -0.3 is 19.7 Å². The number of anilines is 2. The second kappa shape index (κ2) is 16.5. The highest BCUT2D eigenvalue weighted by Gasteiger charge is 2.52. The van der Waals surface area contributed by atoms with Gasteiger partial charge in [0, 0.05) is 136 Å². The van der Waals surface area contributed by atoms with E-state index in [9.17, 15) is 32.0 Å². The van der Waals surface area contributed by atoms with Crippen molar-refractivity contribution in [2.45, 2.75) is 56.4 Å². The van der Waals surface area contributed by atoms with Crippen LogP contribution in [-0.4, -0.2) is 142 Å². The standard InChI is InChI=1S/C46H46F3N11O6S/c47-30-7-10-59(25-30)67(65,66)55-36-4-3-35(48)39(40(36)49)41(62)34-20-51-42-33(34)16-27(17-50-42)29-18-52-45(53-19-29)46(8-9-46)58-13-11-56(12-14-58)21-26-22-57(23-26)31-1-2-32-28(15-31)24-60(44(32)64)37-5-6-38(61)54-43(37)63/h1-4,15-20,26,30,37,55H,5-14,21-25H2,(H,50,51)(H,54,61,63)/t30-,37-/m1/s1. The molecule has 3 aromatic heterocycles. The molecule has 8 heterocycles. The van der Waals surface area contributed by atoms with Crippen LogP contribution < -0.4 is 14.9 Å². The Balaban J connectivity index is 0.701. The van der Waals surface area contributed by atoms with Crippen molar-refractivity contribution < 1.29 is 40.8 Å². The van der Waals surface area contributed by atoms with Crippen molar-refractivity contribution in [3.63, 3.8) is 0 Å². The third kappa shape index (κ3) is 7.80. The fraction of sp³-hybridized carbons (Fsp3) is 0.413. The number of carbonyl (C=O) groups is 4. The quantitative estimate of drug-likeness (QED) is 0.121. The van der Waals surface area contributed by atoms with Crippen molar-refractivity contribution in [3.05, 3.63) is 101 Å². The Kier molecular flexibility index (Phi) is 10.7. The van der Waals surface area contributed by atoms with Gasteiger partial charge in [0.2, 0.25) is 17.6 Å². The molecule has 2 atom stereocenters. The number of nitrogens with one attached hydrogen (secondary N) is 3. The molecular formula is C46H46F3N11O6S. The number of nitrogens with zero attached hydrogens (tertiary/aromatic N) is 8. The van der Waals surface area contributed by atoms with Gasteiger partial charge in [-0.15, -0.1) is 0 Å². The summed E-state index contributed by atoms with van der Waals surface area (Å²) in [5.41, 5.74) is 2.15. The molecule has 348 valence electrons. The smallest absolute Gasteiger partial charge is 0.301 e. The molecule has 0 radical (unpaired) electrons. The molecule has 6 aliphatic rings. The maximum atomic E-state index is 15.8. The Hall–Kier alpha value is -6.29. The van der Waals surface area contributed by atoms with E-state index in [4.69, 9.17) is 9.97 Å². The highest BCUT2D eigenvalue weighted by atomic mass is 32.2. The summed E-state index contributed by atoms with van der Waals surface area (Å²) in [5, 5.41) is 2.64. The first-order valence-corrected chi connectivity index (χ1v) is 23.9. The number of hydrogen-bond acceptors (Lipinski definition) is 12. The number of aromatic nitrogens is 4. The van der Waals surface area contributed by atoms with Crippen LogP contribution in [0.1, 0.15) is 69.8 Å². The number of piperazine rings is 1. The number of amides is 3.